The molecule has 20 heavy (non-hydrogen) atoms. The van der Waals surface area contributed by atoms with Crippen molar-refractivity contribution in [2.24, 2.45) is 0 Å². The van der Waals surface area contributed by atoms with E-state index in [0.717, 1.165) is 0 Å². The van der Waals surface area contributed by atoms with Crippen LogP contribution < -0.4 is 10.5 Å². The lowest BCUT2D eigenvalue weighted by Crippen LogP contribution is -1.94. The number of benzene rings is 2. The van der Waals surface area contributed by atoms with Crippen LogP contribution in [-0.2, 0) is 0 Å². The molecule has 0 aromatic heterocycles. The second-order valence-electron chi connectivity index (χ2n) is 3.87. The molecular formula is C12H9N3O5. The smallest absolute Gasteiger partial charge is 0.275 e. The molecule has 0 bridgehead atoms. The average molecular weight is 275 g/mol. The molecule has 0 amide bonds. The number of hydrogen-bond acceptors (Lipinski definition) is 6. The molecule has 0 spiro atoms. The van der Waals surface area contributed by atoms with Crippen molar-refractivity contribution in [2.45, 2.75) is 0 Å². The van der Waals surface area contributed by atoms with Crippen LogP contribution in [0.2, 0.25) is 0 Å². The molecule has 0 aliphatic carbocycles. The highest BCUT2D eigenvalue weighted by atomic mass is 16.6. The van der Waals surface area contributed by atoms with Crippen molar-refractivity contribution in [3.8, 4) is 11.5 Å². The third-order valence-corrected chi connectivity index (χ3v) is 2.39. The zero-order valence-corrected chi connectivity index (χ0v) is 10.1. The Labute approximate surface area is 112 Å². The number of hydrogen-bond donors (Lipinski definition) is 1. The first-order valence-electron chi connectivity index (χ1n) is 5.43. The van der Waals surface area contributed by atoms with Crippen LogP contribution in [0.5, 0.6) is 11.5 Å². The maximum Gasteiger partial charge on any atom is 0.275 e. The lowest BCUT2D eigenvalue weighted by atomic mass is 10.2. The van der Waals surface area contributed by atoms with E-state index < -0.39 is 9.85 Å². The molecule has 0 unspecified atom stereocenters. The van der Waals surface area contributed by atoms with Crippen molar-refractivity contribution < 1.29 is 14.6 Å². The third-order valence-electron chi connectivity index (χ3n) is 2.39. The number of nitrogens with zero attached hydrogens (tertiary/aromatic N) is 2. The van der Waals surface area contributed by atoms with E-state index in [1.807, 2.05) is 0 Å². The van der Waals surface area contributed by atoms with E-state index in [0.29, 0.717) is 0 Å². The monoisotopic (exact) mass is 275 g/mol. The average Bonchev–Trinajstić information content (AvgIpc) is 2.38. The molecule has 0 saturated heterocycles. The van der Waals surface area contributed by atoms with Crippen LogP contribution in [0.3, 0.4) is 0 Å². The highest BCUT2D eigenvalue weighted by molar-refractivity contribution is 5.54. The predicted molar refractivity (Wildman–Crippen MR) is 70.7 cm³/mol. The van der Waals surface area contributed by atoms with E-state index in [-0.39, 0.29) is 28.6 Å². The summed E-state index contributed by atoms with van der Waals surface area (Å²) in [6.07, 6.45) is 0. The van der Waals surface area contributed by atoms with Crippen LogP contribution in [0.4, 0.5) is 17.1 Å². The van der Waals surface area contributed by atoms with Crippen molar-refractivity contribution in [3.05, 3.63) is 62.7 Å². The molecule has 0 radical (unpaired) electrons. The SMILES string of the molecule is Nc1cc(Oc2cccc([N+](=O)[O-])c2)cc([N+](=O)[O-])c1. The number of anilines is 1. The molecule has 2 aromatic carbocycles. The summed E-state index contributed by atoms with van der Waals surface area (Å²) in [5.41, 5.74) is 5.35. The van der Waals surface area contributed by atoms with Crippen LogP contribution in [0.15, 0.2) is 42.5 Å². The fraction of sp³-hybridized carbons (Fsp3) is 0. The van der Waals surface area contributed by atoms with Gasteiger partial charge in [0.05, 0.1) is 22.0 Å². The molecule has 0 heterocycles. The lowest BCUT2D eigenvalue weighted by molar-refractivity contribution is -0.384. The first-order chi connectivity index (χ1) is 9.45. The van der Waals surface area contributed by atoms with Gasteiger partial charge < -0.3 is 10.5 Å². The van der Waals surface area contributed by atoms with E-state index in [1.54, 1.807) is 0 Å². The summed E-state index contributed by atoms with van der Waals surface area (Å²) in [4.78, 5) is 20.2. The molecule has 8 nitrogen and oxygen atoms in total. The van der Waals surface area contributed by atoms with Crippen molar-refractivity contribution in [3.63, 3.8) is 0 Å². The minimum Gasteiger partial charge on any atom is -0.457 e. The topological polar surface area (TPSA) is 122 Å². The van der Waals surface area contributed by atoms with Gasteiger partial charge in [-0.2, -0.15) is 0 Å². The Kier molecular flexibility index (Phi) is 3.47. The third kappa shape index (κ3) is 2.99. The number of nitro benzene ring substituents is 2. The largest absolute Gasteiger partial charge is 0.457 e. The zero-order chi connectivity index (χ0) is 14.7. The molecule has 0 aliphatic heterocycles. The van der Waals surface area contributed by atoms with Gasteiger partial charge in [-0.1, -0.05) is 6.07 Å². The summed E-state index contributed by atoms with van der Waals surface area (Å²) in [6.45, 7) is 0. The van der Waals surface area contributed by atoms with Crippen LogP contribution in [0.1, 0.15) is 0 Å². The molecule has 0 fully saturated rings. The zero-order valence-electron chi connectivity index (χ0n) is 10.1. The number of nitrogens with two attached hydrogens (primary N) is 1. The summed E-state index contributed by atoms with van der Waals surface area (Å²) in [7, 11) is 0. The molecule has 0 atom stereocenters. The molecule has 8 heteroatoms. The Bertz CT molecular complexity index is 687. The van der Waals surface area contributed by atoms with Crippen molar-refractivity contribution >= 4 is 17.1 Å². The maximum atomic E-state index is 10.7. The number of rotatable bonds is 4. The van der Waals surface area contributed by atoms with Gasteiger partial charge in [-0.3, -0.25) is 20.2 Å². The summed E-state index contributed by atoms with van der Waals surface area (Å²) in [6, 6.07) is 9.27. The van der Waals surface area contributed by atoms with Gasteiger partial charge >= 0.3 is 0 Å². The van der Waals surface area contributed by atoms with Gasteiger partial charge in [0, 0.05) is 23.9 Å². The number of nitro groups is 2. The van der Waals surface area contributed by atoms with Crippen LogP contribution in [0, 0.1) is 20.2 Å². The van der Waals surface area contributed by atoms with E-state index in [4.69, 9.17) is 10.5 Å². The highest BCUT2D eigenvalue weighted by Crippen LogP contribution is 2.29. The number of ether oxygens (including phenoxy) is 1. The Morgan fingerprint density at radius 3 is 2.20 bits per heavy atom. The van der Waals surface area contributed by atoms with Crippen LogP contribution in [0.25, 0.3) is 0 Å². The molecule has 2 aromatic rings. The van der Waals surface area contributed by atoms with Gasteiger partial charge in [0.25, 0.3) is 11.4 Å². The summed E-state index contributed by atoms with van der Waals surface area (Å²) < 4.78 is 5.35. The molecule has 0 saturated carbocycles. The molecule has 102 valence electrons. The van der Waals surface area contributed by atoms with Gasteiger partial charge in [0.2, 0.25) is 0 Å². The fourth-order valence-corrected chi connectivity index (χ4v) is 1.57. The molecule has 0 aliphatic rings. The van der Waals surface area contributed by atoms with Gasteiger partial charge in [-0.25, -0.2) is 0 Å². The lowest BCUT2D eigenvalue weighted by Gasteiger charge is -2.06. The minimum atomic E-state index is -0.601. The highest BCUT2D eigenvalue weighted by Gasteiger charge is 2.11. The van der Waals surface area contributed by atoms with Gasteiger partial charge in [0.1, 0.15) is 11.5 Å². The Morgan fingerprint density at radius 1 is 0.900 bits per heavy atom. The van der Waals surface area contributed by atoms with E-state index in [1.165, 1.54) is 42.5 Å². The van der Waals surface area contributed by atoms with Crippen molar-refractivity contribution in [1.29, 1.82) is 0 Å². The normalized spacial score (nSPS) is 10.0. The fourth-order valence-electron chi connectivity index (χ4n) is 1.57. The summed E-state index contributed by atoms with van der Waals surface area (Å²) in [5.74, 6) is 0.330. The second-order valence-corrected chi connectivity index (χ2v) is 3.87. The second kappa shape index (κ2) is 5.22. The molecule has 2 N–H and O–H groups in total. The van der Waals surface area contributed by atoms with Crippen molar-refractivity contribution in [2.75, 3.05) is 5.73 Å². The van der Waals surface area contributed by atoms with Crippen LogP contribution >= 0.6 is 0 Å². The standard InChI is InChI=1S/C12H9N3O5/c13-8-4-10(15(18)19)7-12(5-8)20-11-3-1-2-9(6-11)14(16)17/h1-7H,13H2. The predicted octanol–water partition coefficient (Wildman–Crippen LogP) is 2.88. The first kappa shape index (κ1) is 13.3. The summed E-state index contributed by atoms with van der Waals surface area (Å²) >= 11 is 0. The number of nitrogen functional groups attached to an aromatic ring is 1. The summed E-state index contributed by atoms with van der Waals surface area (Å²) in [5, 5.41) is 21.4. The van der Waals surface area contributed by atoms with E-state index in [2.05, 4.69) is 0 Å². The van der Waals surface area contributed by atoms with Crippen LogP contribution in [-0.4, -0.2) is 9.85 Å². The van der Waals surface area contributed by atoms with Gasteiger partial charge in [-0.05, 0) is 6.07 Å². The Balaban J connectivity index is 2.32. The van der Waals surface area contributed by atoms with Gasteiger partial charge in [-0.15, -0.1) is 0 Å². The van der Waals surface area contributed by atoms with E-state index >= 15 is 0 Å². The quantitative estimate of drug-likeness (QED) is 0.520. The Morgan fingerprint density at radius 2 is 1.55 bits per heavy atom. The van der Waals surface area contributed by atoms with Crippen molar-refractivity contribution in [1.82, 2.24) is 0 Å². The van der Waals surface area contributed by atoms with E-state index in [9.17, 15) is 20.2 Å². The number of non-ortho nitro benzene ring substituents is 2. The molecule has 2 rings (SSSR count). The molecular weight excluding hydrogens is 266 g/mol. The maximum absolute atomic E-state index is 10.7. The van der Waals surface area contributed by atoms with Gasteiger partial charge in [0.15, 0.2) is 0 Å². The minimum absolute atomic E-state index is 0.136. The first-order valence-corrected chi connectivity index (χ1v) is 5.43. The Hall–Kier alpha value is -3.16.